The van der Waals surface area contributed by atoms with E-state index in [-0.39, 0.29) is 0 Å². The lowest BCUT2D eigenvalue weighted by atomic mass is 9.98. The molecule has 0 aliphatic carbocycles. The van der Waals surface area contributed by atoms with Crippen molar-refractivity contribution in [2.75, 3.05) is 26.2 Å². The first-order valence-corrected chi connectivity index (χ1v) is 7.82. The molecule has 1 aliphatic rings. The van der Waals surface area contributed by atoms with Gasteiger partial charge >= 0.3 is 0 Å². The number of hydrogen-bond donors (Lipinski definition) is 1. The maximum atomic E-state index is 3.51. The third kappa shape index (κ3) is 4.32. The van der Waals surface area contributed by atoms with Crippen molar-refractivity contribution in [3.8, 4) is 0 Å². The van der Waals surface area contributed by atoms with Gasteiger partial charge in [-0.15, -0.1) is 0 Å². The van der Waals surface area contributed by atoms with Crippen LogP contribution >= 0.6 is 0 Å². The minimum Gasteiger partial charge on any atom is -0.315 e. The molecule has 0 aromatic heterocycles. The monoisotopic (exact) mass is 260 g/mol. The van der Waals surface area contributed by atoms with Crippen molar-refractivity contribution < 1.29 is 0 Å². The summed E-state index contributed by atoms with van der Waals surface area (Å²) in [5.74, 6) is 0. The highest BCUT2D eigenvalue weighted by Crippen LogP contribution is 2.27. The molecule has 1 aromatic carbocycles. The van der Waals surface area contributed by atoms with E-state index in [1.54, 1.807) is 0 Å². The van der Waals surface area contributed by atoms with E-state index in [2.05, 4.69) is 48.3 Å². The Labute approximate surface area is 118 Å². The van der Waals surface area contributed by atoms with Gasteiger partial charge in [-0.25, -0.2) is 0 Å². The molecule has 0 spiro atoms. The van der Waals surface area contributed by atoms with Gasteiger partial charge < -0.3 is 5.32 Å². The summed E-state index contributed by atoms with van der Waals surface area (Å²) in [4.78, 5) is 2.68. The van der Waals surface area contributed by atoms with Crippen LogP contribution in [0.15, 0.2) is 24.3 Å². The molecule has 1 unspecified atom stereocenters. The summed E-state index contributed by atoms with van der Waals surface area (Å²) >= 11 is 0. The Balaban J connectivity index is 2.11. The number of benzene rings is 1. The van der Waals surface area contributed by atoms with Crippen LogP contribution in [0, 0.1) is 6.92 Å². The molecule has 2 heteroatoms. The number of unbranched alkanes of at least 4 members (excludes halogenated alkanes) is 1. The summed E-state index contributed by atoms with van der Waals surface area (Å²) < 4.78 is 0. The van der Waals surface area contributed by atoms with Crippen molar-refractivity contribution in [2.45, 2.75) is 45.6 Å². The molecule has 19 heavy (non-hydrogen) atoms. The molecule has 0 bridgehead atoms. The van der Waals surface area contributed by atoms with Crippen LogP contribution in [-0.2, 0) is 0 Å². The van der Waals surface area contributed by atoms with Crippen molar-refractivity contribution in [1.82, 2.24) is 10.2 Å². The minimum absolute atomic E-state index is 0.612. The van der Waals surface area contributed by atoms with Gasteiger partial charge in [0.1, 0.15) is 0 Å². The zero-order valence-electron chi connectivity index (χ0n) is 12.5. The highest BCUT2D eigenvalue weighted by molar-refractivity contribution is 5.24. The molecule has 2 rings (SSSR count). The molecule has 106 valence electrons. The van der Waals surface area contributed by atoms with E-state index in [1.165, 1.54) is 56.4 Å². The van der Waals surface area contributed by atoms with Gasteiger partial charge in [-0.1, -0.05) is 49.6 Å². The summed E-state index contributed by atoms with van der Waals surface area (Å²) in [5, 5.41) is 3.51. The maximum Gasteiger partial charge on any atom is 0.0348 e. The van der Waals surface area contributed by atoms with Crippen LogP contribution in [0.4, 0.5) is 0 Å². The van der Waals surface area contributed by atoms with Crippen molar-refractivity contribution in [2.24, 2.45) is 0 Å². The summed E-state index contributed by atoms with van der Waals surface area (Å²) in [6.45, 7) is 9.17. The van der Waals surface area contributed by atoms with Crippen LogP contribution in [0.25, 0.3) is 0 Å². The Morgan fingerprint density at radius 1 is 1.16 bits per heavy atom. The first-order valence-electron chi connectivity index (χ1n) is 7.82. The van der Waals surface area contributed by atoms with Crippen LogP contribution in [0.3, 0.4) is 0 Å². The molecular formula is C17H28N2. The van der Waals surface area contributed by atoms with Gasteiger partial charge in [-0.05, 0) is 31.9 Å². The minimum atomic E-state index is 0.612. The largest absolute Gasteiger partial charge is 0.315 e. The van der Waals surface area contributed by atoms with Crippen LogP contribution in [0.1, 0.15) is 49.8 Å². The van der Waals surface area contributed by atoms with E-state index >= 15 is 0 Å². The number of aryl methyl sites for hydroxylation is 1. The average Bonchev–Trinajstić information content (AvgIpc) is 2.70. The molecule has 1 aromatic rings. The molecule has 1 saturated heterocycles. The molecule has 0 amide bonds. The molecule has 1 aliphatic heterocycles. The number of hydrogen-bond acceptors (Lipinski definition) is 2. The summed E-state index contributed by atoms with van der Waals surface area (Å²) in [7, 11) is 0. The van der Waals surface area contributed by atoms with E-state index in [1.807, 2.05) is 0 Å². The van der Waals surface area contributed by atoms with Gasteiger partial charge in [0.05, 0.1) is 0 Å². The van der Waals surface area contributed by atoms with Gasteiger partial charge in [-0.3, -0.25) is 4.90 Å². The Kier molecular flexibility index (Phi) is 5.87. The fourth-order valence-electron chi connectivity index (χ4n) is 2.92. The smallest absolute Gasteiger partial charge is 0.0348 e. The van der Waals surface area contributed by atoms with E-state index < -0.39 is 0 Å². The Morgan fingerprint density at radius 3 is 2.68 bits per heavy atom. The maximum absolute atomic E-state index is 3.51. The number of nitrogens with zero attached hydrogens (tertiary/aromatic N) is 1. The third-order valence-electron chi connectivity index (χ3n) is 4.11. The van der Waals surface area contributed by atoms with E-state index in [0.717, 1.165) is 6.54 Å². The van der Waals surface area contributed by atoms with Gasteiger partial charge in [0.2, 0.25) is 0 Å². The predicted octanol–water partition coefficient (Wildman–Crippen LogP) is 3.52. The molecule has 2 nitrogen and oxygen atoms in total. The zero-order chi connectivity index (χ0) is 13.5. The quantitative estimate of drug-likeness (QED) is 0.871. The Bertz CT molecular complexity index is 350. The first kappa shape index (κ1) is 14.5. The molecule has 0 radical (unpaired) electrons. The summed E-state index contributed by atoms with van der Waals surface area (Å²) in [6, 6.07) is 9.77. The van der Waals surface area contributed by atoms with Crippen LogP contribution < -0.4 is 5.32 Å². The fourth-order valence-corrected chi connectivity index (χ4v) is 2.92. The lowest BCUT2D eigenvalue weighted by Gasteiger charge is -2.31. The van der Waals surface area contributed by atoms with Crippen molar-refractivity contribution in [1.29, 1.82) is 0 Å². The van der Waals surface area contributed by atoms with Crippen molar-refractivity contribution in [3.63, 3.8) is 0 Å². The molecule has 1 heterocycles. The zero-order valence-corrected chi connectivity index (χ0v) is 12.5. The van der Waals surface area contributed by atoms with Crippen LogP contribution in [0.2, 0.25) is 0 Å². The Morgan fingerprint density at radius 2 is 1.95 bits per heavy atom. The summed E-state index contributed by atoms with van der Waals surface area (Å²) in [6.07, 6.45) is 5.17. The average molecular weight is 260 g/mol. The van der Waals surface area contributed by atoms with Crippen LogP contribution in [0.5, 0.6) is 0 Å². The lowest BCUT2D eigenvalue weighted by molar-refractivity contribution is 0.197. The fraction of sp³-hybridized carbons (Fsp3) is 0.647. The highest BCUT2D eigenvalue weighted by Gasteiger charge is 2.20. The van der Waals surface area contributed by atoms with Crippen LogP contribution in [-0.4, -0.2) is 31.1 Å². The second kappa shape index (κ2) is 7.66. The van der Waals surface area contributed by atoms with E-state index in [4.69, 9.17) is 0 Å². The third-order valence-corrected chi connectivity index (χ3v) is 4.11. The van der Waals surface area contributed by atoms with E-state index in [9.17, 15) is 0 Å². The molecule has 0 saturated carbocycles. The summed E-state index contributed by atoms with van der Waals surface area (Å²) in [5.41, 5.74) is 2.86. The first-order chi connectivity index (χ1) is 9.31. The second-order valence-electron chi connectivity index (χ2n) is 5.71. The normalized spacial score (nSPS) is 19.1. The molecule has 1 fully saturated rings. The lowest BCUT2D eigenvalue weighted by Crippen LogP contribution is -2.32. The van der Waals surface area contributed by atoms with Gasteiger partial charge in [0, 0.05) is 25.7 Å². The van der Waals surface area contributed by atoms with Crippen molar-refractivity contribution >= 4 is 0 Å². The Hall–Kier alpha value is -0.860. The van der Waals surface area contributed by atoms with E-state index in [0.29, 0.717) is 6.04 Å². The standard InChI is InChI=1S/C17H28N2/c1-3-4-6-17(16-9-7-15(2)8-10-16)19-13-5-11-18-12-14-19/h7-10,17-18H,3-6,11-14H2,1-2H3. The molecule has 1 atom stereocenters. The number of nitrogens with one attached hydrogen (secondary N) is 1. The molecular weight excluding hydrogens is 232 g/mol. The second-order valence-corrected chi connectivity index (χ2v) is 5.71. The SMILES string of the molecule is CCCCC(c1ccc(C)cc1)N1CCCNCC1. The van der Waals surface area contributed by atoms with Gasteiger partial charge in [0.25, 0.3) is 0 Å². The molecule has 1 N–H and O–H groups in total. The van der Waals surface area contributed by atoms with Gasteiger partial charge in [0.15, 0.2) is 0 Å². The highest BCUT2D eigenvalue weighted by atomic mass is 15.2. The van der Waals surface area contributed by atoms with Gasteiger partial charge in [-0.2, -0.15) is 0 Å². The van der Waals surface area contributed by atoms with Crippen molar-refractivity contribution in [3.05, 3.63) is 35.4 Å². The topological polar surface area (TPSA) is 15.3 Å². The predicted molar refractivity (Wildman–Crippen MR) is 82.5 cm³/mol. The number of rotatable bonds is 5.